The number of aromatic nitrogens is 1. The van der Waals surface area contributed by atoms with Crippen LogP contribution in [0.1, 0.15) is 16.7 Å². The number of nitrogens with two attached hydrogens (primary N) is 1. The lowest BCUT2D eigenvalue weighted by molar-refractivity contribution is 0.981. The van der Waals surface area contributed by atoms with Crippen LogP contribution in [0.25, 0.3) is 10.9 Å². The molecule has 1 aromatic heterocycles. The van der Waals surface area contributed by atoms with Gasteiger partial charge in [0.2, 0.25) is 0 Å². The zero-order valence-corrected chi connectivity index (χ0v) is 13.1. The van der Waals surface area contributed by atoms with Crippen LogP contribution in [0.3, 0.4) is 0 Å². The molecule has 0 unspecified atom stereocenters. The van der Waals surface area contributed by atoms with Gasteiger partial charge in [-0.3, -0.25) is 0 Å². The van der Waals surface area contributed by atoms with Crippen LogP contribution in [-0.4, -0.2) is 4.98 Å². The number of fused-ring (bicyclic) bond motifs is 1. The smallest absolute Gasteiger partial charge is 0.106 e. The van der Waals surface area contributed by atoms with Crippen LogP contribution in [0.2, 0.25) is 0 Å². The first-order valence-electron chi connectivity index (χ1n) is 7.01. The van der Waals surface area contributed by atoms with Crippen molar-refractivity contribution in [3.8, 4) is 0 Å². The summed E-state index contributed by atoms with van der Waals surface area (Å²) in [4.78, 5) is 6.02. The Hall–Kier alpha value is -1.84. The van der Waals surface area contributed by atoms with Crippen LogP contribution < -0.4 is 5.73 Å². The molecule has 0 fully saturated rings. The minimum atomic E-state index is 0.505. The minimum Gasteiger partial charge on any atom is -0.326 e. The average molecular weight is 294 g/mol. The van der Waals surface area contributed by atoms with Crippen molar-refractivity contribution in [2.75, 3.05) is 0 Å². The van der Waals surface area contributed by atoms with Gasteiger partial charge < -0.3 is 5.73 Å². The summed E-state index contributed by atoms with van der Waals surface area (Å²) in [5, 5.41) is 2.14. The maximum absolute atomic E-state index is 5.90. The van der Waals surface area contributed by atoms with E-state index in [1.807, 2.05) is 18.2 Å². The molecule has 0 aliphatic carbocycles. The van der Waals surface area contributed by atoms with E-state index in [1.54, 1.807) is 11.8 Å². The predicted octanol–water partition coefficient (Wildman–Crippen LogP) is 4.46. The molecule has 106 valence electrons. The van der Waals surface area contributed by atoms with Gasteiger partial charge in [0.15, 0.2) is 0 Å². The third-order valence-corrected chi connectivity index (χ3v) is 4.74. The lowest BCUT2D eigenvalue weighted by atomic mass is 10.1. The van der Waals surface area contributed by atoms with Gasteiger partial charge in [0, 0.05) is 16.8 Å². The summed E-state index contributed by atoms with van der Waals surface area (Å²) in [6, 6.07) is 16.8. The quantitative estimate of drug-likeness (QED) is 0.775. The molecule has 0 radical (unpaired) electrons. The second-order valence-electron chi connectivity index (χ2n) is 5.22. The molecule has 1 heterocycles. The zero-order chi connectivity index (χ0) is 14.8. The first kappa shape index (κ1) is 14.1. The van der Waals surface area contributed by atoms with Crippen molar-refractivity contribution in [3.05, 3.63) is 65.2 Å². The molecule has 3 rings (SSSR count). The Morgan fingerprint density at radius 1 is 1.05 bits per heavy atom. The van der Waals surface area contributed by atoms with Gasteiger partial charge in [-0.15, -0.1) is 0 Å². The number of para-hydroxylation sites is 1. The summed E-state index contributed by atoms with van der Waals surface area (Å²) in [5.41, 5.74) is 10.6. The molecule has 0 spiro atoms. The fraction of sp³-hybridized carbons (Fsp3) is 0.167. The van der Waals surface area contributed by atoms with Crippen molar-refractivity contribution in [1.82, 2.24) is 4.98 Å². The molecule has 0 aliphatic heterocycles. The highest BCUT2D eigenvalue weighted by Crippen LogP contribution is 2.33. The van der Waals surface area contributed by atoms with Crippen LogP contribution in [-0.2, 0) is 6.54 Å². The van der Waals surface area contributed by atoms with Crippen molar-refractivity contribution >= 4 is 22.7 Å². The standard InChI is InChI=1S/C18H18N2S/c1-12-7-8-17(13(2)9-12)21-18-15(11-19)10-14-5-3-4-6-16(14)20-18/h3-10H,11,19H2,1-2H3. The summed E-state index contributed by atoms with van der Waals surface area (Å²) in [6.07, 6.45) is 0. The minimum absolute atomic E-state index is 0.505. The SMILES string of the molecule is Cc1ccc(Sc2nc3ccccc3cc2CN)c(C)c1. The summed E-state index contributed by atoms with van der Waals surface area (Å²) in [7, 11) is 0. The fourth-order valence-electron chi connectivity index (χ4n) is 2.39. The van der Waals surface area contributed by atoms with E-state index in [0.29, 0.717) is 6.54 Å². The molecule has 2 aromatic carbocycles. The Bertz CT molecular complexity index is 796. The molecule has 0 atom stereocenters. The van der Waals surface area contributed by atoms with Gasteiger partial charge in [0.1, 0.15) is 5.03 Å². The van der Waals surface area contributed by atoms with E-state index in [0.717, 1.165) is 21.5 Å². The third kappa shape index (κ3) is 2.94. The number of hydrogen-bond donors (Lipinski definition) is 1. The highest BCUT2D eigenvalue weighted by molar-refractivity contribution is 7.99. The number of aryl methyl sites for hydroxylation is 2. The molecule has 21 heavy (non-hydrogen) atoms. The molecule has 3 heteroatoms. The Balaban J connectivity index is 2.06. The third-order valence-electron chi connectivity index (χ3n) is 3.52. The van der Waals surface area contributed by atoms with Crippen molar-refractivity contribution in [3.63, 3.8) is 0 Å². The summed E-state index contributed by atoms with van der Waals surface area (Å²) in [5.74, 6) is 0. The van der Waals surface area contributed by atoms with Crippen LogP contribution in [0.15, 0.2) is 58.5 Å². The lowest BCUT2D eigenvalue weighted by Crippen LogP contribution is -2.00. The lowest BCUT2D eigenvalue weighted by Gasteiger charge is -2.11. The molecule has 2 nitrogen and oxygen atoms in total. The molecule has 0 saturated carbocycles. The van der Waals surface area contributed by atoms with E-state index in [-0.39, 0.29) is 0 Å². The Kier molecular flexibility index (Phi) is 3.95. The van der Waals surface area contributed by atoms with E-state index in [4.69, 9.17) is 10.7 Å². The van der Waals surface area contributed by atoms with Gasteiger partial charge in [-0.05, 0) is 43.2 Å². The summed E-state index contributed by atoms with van der Waals surface area (Å²) < 4.78 is 0. The van der Waals surface area contributed by atoms with Gasteiger partial charge >= 0.3 is 0 Å². The molecule has 0 aliphatic rings. The van der Waals surface area contributed by atoms with Gasteiger partial charge in [-0.25, -0.2) is 4.98 Å². The first-order valence-corrected chi connectivity index (χ1v) is 7.83. The topological polar surface area (TPSA) is 38.9 Å². The van der Waals surface area contributed by atoms with Gasteiger partial charge in [-0.1, -0.05) is 47.7 Å². The largest absolute Gasteiger partial charge is 0.326 e. The molecule has 3 aromatic rings. The second kappa shape index (κ2) is 5.88. The number of nitrogens with zero attached hydrogens (tertiary/aromatic N) is 1. The van der Waals surface area contributed by atoms with Crippen LogP contribution in [0.5, 0.6) is 0 Å². The monoisotopic (exact) mass is 294 g/mol. The molecular weight excluding hydrogens is 276 g/mol. The Morgan fingerprint density at radius 2 is 1.86 bits per heavy atom. The number of hydrogen-bond acceptors (Lipinski definition) is 3. The highest BCUT2D eigenvalue weighted by atomic mass is 32.2. The molecule has 0 saturated heterocycles. The highest BCUT2D eigenvalue weighted by Gasteiger charge is 2.09. The van der Waals surface area contributed by atoms with Gasteiger partial charge in [-0.2, -0.15) is 0 Å². The summed E-state index contributed by atoms with van der Waals surface area (Å²) in [6.45, 7) is 4.75. The van der Waals surface area contributed by atoms with Gasteiger partial charge in [0.25, 0.3) is 0 Å². The van der Waals surface area contributed by atoms with Crippen LogP contribution in [0.4, 0.5) is 0 Å². The number of rotatable bonds is 3. The molecule has 2 N–H and O–H groups in total. The maximum Gasteiger partial charge on any atom is 0.106 e. The maximum atomic E-state index is 5.90. The second-order valence-corrected chi connectivity index (χ2v) is 6.25. The predicted molar refractivity (Wildman–Crippen MR) is 89.7 cm³/mol. The number of benzene rings is 2. The van der Waals surface area contributed by atoms with E-state index in [1.165, 1.54) is 16.0 Å². The first-order chi connectivity index (χ1) is 10.2. The molecule has 0 amide bonds. The van der Waals surface area contributed by atoms with Crippen molar-refractivity contribution in [2.45, 2.75) is 30.3 Å². The fourth-order valence-corrected chi connectivity index (χ4v) is 3.38. The zero-order valence-electron chi connectivity index (χ0n) is 12.3. The summed E-state index contributed by atoms with van der Waals surface area (Å²) >= 11 is 1.70. The van der Waals surface area contributed by atoms with E-state index in [2.05, 4.69) is 44.2 Å². The number of pyridine rings is 1. The normalized spacial score (nSPS) is 11.0. The van der Waals surface area contributed by atoms with E-state index < -0.39 is 0 Å². The van der Waals surface area contributed by atoms with Crippen LogP contribution >= 0.6 is 11.8 Å². The van der Waals surface area contributed by atoms with Crippen molar-refractivity contribution in [2.24, 2.45) is 5.73 Å². The van der Waals surface area contributed by atoms with E-state index >= 15 is 0 Å². The van der Waals surface area contributed by atoms with Crippen molar-refractivity contribution in [1.29, 1.82) is 0 Å². The van der Waals surface area contributed by atoms with Gasteiger partial charge in [0.05, 0.1) is 5.52 Å². The van der Waals surface area contributed by atoms with E-state index in [9.17, 15) is 0 Å². The van der Waals surface area contributed by atoms with Crippen molar-refractivity contribution < 1.29 is 0 Å². The average Bonchev–Trinajstić information content (AvgIpc) is 2.49. The molecule has 0 bridgehead atoms. The van der Waals surface area contributed by atoms with Crippen LogP contribution in [0, 0.1) is 13.8 Å². The molecular formula is C18H18N2S. The Labute approximate surface area is 129 Å². The Morgan fingerprint density at radius 3 is 2.62 bits per heavy atom.